The zero-order chi connectivity index (χ0) is 18.8. The highest BCUT2D eigenvalue weighted by Crippen LogP contribution is 2.41. The second-order valence-electron chi connectivity index (χ2n) is 5.90. The van der Waals surface area contributed by atoms with Crippen LogP contribution in [0.4, 0.5) is 15.8 Å². The Morgan fingerprint density at radius 3 is 2.42 bits per heavy atom. The molecule has 0 spiro atoms. The smallest absolute Gasteiger partial charge is 0.228 e. The van der Waals surface area contributed by atoms with Gasteiger partial charge in [-0.05, 0) is 42.8 Å². The van der Waals surface area contributed by atoms with Crippen LogP contribution in [0.2, 0.25) is 10.0 Å². The van der Waals surface area contributed by atoms with Crippen LogP contribution in [-0.2, 0) is 9.59 Å². The topological polar surface area (TPSA) is 67.4 Å². The molecular weight excluding hydrogens is 382 g/mol. The average molecular weight is 397 g/mol. The Kier molecular flexibility index (Phi) is 5.34. The van der Waals surface area contributed by atoms with Gasteiger partial charge in [0.1, 0.15) is 11.6 Å². The van der Waals surface area contributed by atoms with Crippen LogP contribution in [0.25, 0.3) is 0 Å². The maximum absolute atomic E-state index is 13.2. The number of amides is 2. The SMILES string of the molecule is COc1ccc(Cl)cc1NC(=O)C1CC1C(=O)Nc1ccc(F)c(Cl)c1. The van der Waals surface area contributed by atoms with Crippen molar-refractivity contribution in [1.29, 1.82) is 0 Å². The van der Waals surface area contributed by atoms with Crippen LogP contribution in [0.1, 0.15) is 6.42 Å². The molecule has 2 unspecified atom stereocenters. The van der Waals surface area contributed by atoms with Crippen molar-refractivity contribution in [1.82, 2.24) is 0 Å². The van der Waals surface area contributed by atoms with E-state index in [1.807, 2.05) is 0 Å². The highest BCUT2D eigenvalue weighted by atomic mass is 35.5. The molecule has 5 nitrogen and oxygen atoms in total. The summed E-state index contributed by atoms with van der Waals surface area (Å²) in [6, 6.07) is 8.78. The number of halogens is 3. The number of nitrogens with one attached hydrogen (secondary N) is 2. The second-order valence-corrected chi connectivity index (χ2v) is 6.74. The standard InChI is InChI=1S/C18H15Cl2FN2O3/c1-26-16-5-2-9(19)6-15(16)23-18(25)12-8-11(12)17(24)22-10-3-4-14(21)13(20)7-10/h2-7,11-12H,8H2,1H3,(H,22,24)(H,23,25). The molecule has 136 valence electrons. The quantitative estimate of drug-likeness (QED) is 0.788. The van der Waals surface area contributed by atoms with Crippen molar-refractivity contribution < 1.29 is 18.7 Å². The summed E-state index contributed by atoms with van der Waals surface area (Å²) in [6.45, 7) is 0. The monoisotopic (exact) mass is 396 g/mol. The summed E-state index contributed by atoms with van der Waals surface area (Å²) in [5.74, 6) is -1.60. The molecule has 0 aliphatic heterocycles. The van der Waals surface area contributed by atoms with E-state index in [0.29, 0.717) is 28.6 Å². The molecule has 0 heterocycles. The lowest BCUT2D eigenvalue weighted by Gasteiger charge is -2.10. The van der Waals surface area contributed by atoms with Crippen molar-refractivity contribution in [3.05, 3.63) is 52.3 Å². The Balaban J connectivity index is 1.61. The molecule has 1 fully saturated rings. The number of rotatable bonds is 5. The minimum atomic E-state index is -0.566. The fourth-order valence-electron chi connectivity index (χ4n) is 2.59. The molecule has 2 N–H and O–H groups in total. The second kappa shape index (κ2) is 7.51. The lowest BCUT2D eigenvalue weighted by molar-refractivity contribution is -0.122. The fourth-order valence-corrected chi connectivity index (χ4v) is 2.94. The third kappa shape index (κ3) is 4.08. The zero-order valence-electron chi connectivity index (χ0n) is 13.7. The summed E-state index contributed by atoms with van der Waals surface area (Å²) in [7, 11) is 1.49. The predicted octanol–water partition coefficient (Wildman–Crippen LogP) is 4.35. The molecule has 8 heteroatoms. The van der Waals surface area contributed by atoms with Gasteiger partial charge >= 0.3 is 0 Å². The van der Waals surface area contributed by atoms with Crippen LogP contribution >= 0.6 is 23.2 Å². The number of methoxy groups -OCH3 is 1. The van der Waals surface area contributed by atoms with Gasteiger partial charge in [-0.15, -0.1) is 0 Å². The molecule has 0 aromatic heterocycles. The van der Waals surface area contributed by atoms with E-state index < -0.39 is 17.7 Å². The van der Waals surface area contributed by atoms with Gasteiger partial charge in [0.25, 0.3) is 0 Å². The van der Waals surface area contributed by atoms with Crippen molar-refractivity contribution in [3.63, 3.8) is 0 Å². The molecule has 2 amide bonds. The lowest BCUT2D eigenvalue weighted by Crippen LogP contribution is -2.20. The summed E-state index contributed by atoms with van der Waals surface area (Å²) in [6.07, 6.45) is 0.426. The van der Waals surface area contributed by atoms with Gasteiger partial charge in [0.2, 0.25) is 11.8 Å². The van der Waals surface area contributed by atoms with Crippen LogP contribution in [0, 0.1) is 17.7 Å². The number of ether oxygens (including phenoxy) is 1. The molecule has 26 heavy (non-hydrogen) atoms. The van der Waals surface area contributed by atoms with Gasteiger partial charge in [-0.2, -0.15) is 0 Å². The highest BCUT2D eigenvalue weighted by molar-refractivity contribution is 6.31. The van der Waals surface area contributed by atoms with Gasteiger partial charge in [0.15, 0.2) is 0 Å². The van der Waals surface area contributed by atoms with Crippen molar-refractivity contribution in [3.8, 4) is 5.75 Å². The largest absolute Gasteiger partial charge is 0.495 e. The predicted molar refractivity (Wildman–Crippen MR) is 98.3 cm³/mol. The third-order valence-electron chi connectivity index (χ3n) is 4.07. The maximum Gasteiger partial charge on any atom is 0.228 e. The minimum Gasteiger partial charge on any atom is -0.495 e. The number of carbonyl (C=O) groups is 2. The number of hydrogen-bond acceptors (Lipinski definition) is 3. The molecule has 3 rings (SSSR count). The van der Waals surface area contributed by atoms with Crippen molar-refractivity contribution in [2.45, 2.75) is 6.42 Å². The number of carbonyl (C=O) groups excluding carboxylic acids is 2. The maximum atomic E-state index is 13.2. The Labute approximate surface area is 159 Å². The summed E-state index contributed by atoms with van der Waals surface area (Å²) < 4.78 is 18.3. The first-order chi connectivity index (χ1) is 12.4. The number of hydrogen-bond donors (Lipinski definition) is 2. The molecule has 0 bridgehead atoms. The van der Waals surface area contributed by atoms with E-state index in [9.17, 15) is 14.0 Å². The normalized spacial score (nSPS) is 18.2. The average Bonchev–Trinajstić information content (AvgIpc) is 3.39. The molecule has 1 aliphatic carbocycles. The van der Waals surface area contributed by atoms with Gasteiger partial charge in [-0.25, -0.2) is 4.39 Å². The van der Waals surface area contributed by atoms with Gasteiger partial charge in [0, 0.05) is 10.7 Å². The van der Waals surface area contributed by atoms with Crippen molar-refractivity contribution in [2.24, 2.45) is 11.8 Å². The van der Waals surface area contributed by atoms with E-state index in [1.54, 1.807) is 18.2 Å². The first kappa shape index (κ1) is 18.5. The van der Waals surface area contributed by atoms with E-state index >= 15 is 0 Å². The van der Waals surface area contributed by atoms with Crippen LogP contribution in [0.3, 0.4) is 0 Å². The van der Waals surface area contributed by atoms with Gasteiger partial charge in [-0.1, -0.05) is 23.2 Å². The van der Waals surface area contributed by atoms with E-state index in [1.165, 1.54) is 25.3 Å². The Bertz CT molecular complexity index is 876. The summed E-state index contributed by atoms with van der Waals surface area (Å²) in [4.78, 5) is 24.6. The van der Waals surface area contributed by atoms with Crippen molar-refractivity contribution in [2.75, 3.05) is 17.7 Å². The van der Waals surface area contributed by atoms with Gasteiger partial charge in [0.05, 0.1) is 29.7 Å². The fraction of sp³-hybridized carbons (Fsp3) is 0.222. The molecule has 2 aromatic carbocycles. The van der Waals surface area contributed by atoms with Crippen molar-refractivity contribution >= 4 is 46.4 Å². The zero-order valence-corrected chi connectivity index (χ0v) is 15.2. The Morgan fingerprint density at radius 2 is 1.77 bits per heavy atom. The number of benzene rings is 2. The molecular formula is C18H15Cl2FN2O3. The first-order valence-electron chi connectivity index (χ1n) is 7.79. The minimum absolute atomic E-state index is 0.0825. The first-order valence-corrected chi connectivity index (χ1v) is 8.55. The summed E-state index contributed by atoms with van der Waals surface area (Å²) in [5.41, 5.74) is 0.824. The summed E-state index contributed by atoms with van der Waals surface area (Å²) >= 11 is 11.6. The Morgan fingerprint density at radius 1 is 1.08 bits per heavy atom. The molecule has 0 radical (unpaired) electrons. The molecule has 2 aromatic rings. The molecule has 2 atom stereocenters. The third-order valence-corrected chi connectivity index (χ3v) is 4.60. The summed E-state index contributed by atoms with van der Waals surface area (Å²) in [5, 5.41) is 5.74. The van der Waals surface area contributed by atoms with E-state index in [2.05, 4.69) is 10.6 Å². The van der Waals surface area contributed by atoms with Crippen LogP contribution in [-0.4, -0.2) is 18.9 Å². The van der Waals surface area contributed by atoms with Gasteiger partial charge in [-0.3, -0.25) is 9.59 Å². The lowest BCUT2D eigenvalue weighted by atomic mass is 10.2. The van der Waals surface area contributed by atoms with E-state index in [0.717, 1.165) is 0 Å². The molecule has 1 aliphatic rings. The van der Waals surface area contributed by atoms with E-state index in [4.69, 9.17) is 27.9 Å². The van der Waals surface area contributed by atoms with Crippen LogP contribution in [0.15, 0.2) is 36.4 Å². The Hall–Kier alpha value is -2.31. The van der Waals surface area contributed by atoms with Crippen LogP contribution in [0.5, 0.6) is 5.75 Å². The van der Waals surface area contributed by atoms with Crippen LogP contribution < -0.4 is 15.4 Å². The van der Waals surface area contributed by atoms with Gasteiger partial charge < -0.3 is 15.4 Å². The molecule has 0 saturated heterocycles. The highest BCUT2D eigenvalue weighted by Gasteiger charge is 2.48. The number of anilines is 2. The molecule has 1 saturated carbocycles. The van der Waals surface area contributed by atoms with E-state index in [-0.39, 0.29) is 16.8 Å².